The molecule has 132 valence electrons. The maximum absolute atomic E-state index is 12.5. The van der Waals surface area contributed by atoms with Gasteiger partial charge >= 0.3 is 0 Å². The zero-order valence-corrected chi connectivity index (χ0v) is 14.4. The molecule has 0 spiro atoms. The second-order valence-corrected chi connectivity index (χ2v) is 5.63. The molecule has 0 bridgehead atoms. The number of aromatic nitrogens is 1. The highest BCUT2D eigenvalue weighted by atomic mass is 16.3. The van der Waals surface area contributed by atoms with Crippen molar-refractivity contribution >= 4 is 17.5 Å². The number of nitrogens with one attached hydrogen (secondary N) is 2. The van der Waals surface area contributed by atoms with Crippen LogP contribution in [-0.2, 0) is 13.0 Å². The Balaban J connectivity index is 1.69. The normalized spacial score (nSPS) is 10.3. The molecule has 0 unspecified atom stereocenters. The Bertz CT molecular complexity index is 904. The number of carbonyl (C=O) groups is 2. The average Bonchev–Trinajstić information content (AvgIpc) is 3.20. The van der Waals surface area contributed by atoms with E-state index in [9.17, 15) is 9.59 Å². The number of para-hydroxylation sites is 1. The molecular weight excluding hydrogens is 330 g/mol. The first-order chi connectivity index (χ1) is 12.7. The summed E-state index contributed by atoms with van der Waals surface area (Å²) < 4.78 is 5.17. The molecule has 2 N–H and O–H groups in total. The molecule has 6 nitrogen and oxygen atoms in total. The molecule has 0 aliphatic carbocycles. The molecule has 0 fully saturated rings. The summed E-state index contributed by atoms with van der Waals surface area (Å²) in [5, 5.41) is 5.56. The highest BCUT2D eigenvalue weighted by molar-refractivity contribution is 6.04. The van der Waals surface area contributed by atoms with Gasteiger partial charge in [0, 0.05) is 5.69 Å². The summed E-state index contributed by atoms with van der Waals surface area (Å²) >= 11 is 0. The Hall–Kier alpha value is -3.41. The van der Waals surface area contributed by atoms with Crippen molar-refractivity contribution in [3.05, 3.63) is 83.6 Å². The van der Waals surface area contributed by atoms with E-state index in [0.717, 1.165) is 17.7 Å². The molecule has 2 heterocycles. The number of hydrogen-bond donors (Lipinski definition) is 2. The highest BCUT2D eigenvalue weighted by Crippen LogP contribution is 2.16. The third-order valence-electron chi connectivity index (χ3n) is 3.86. The number of amides is 2. The second-order valence-electron chi connectivity index (χ2n) is 5.63. The number of benzene rings is 1. The van der Waals surface area contributed by atoms with Gasteiger partial charge in [0.05, 0.1) is 12.8 Å². The van der Waals surface area contributed by atoms with Crippen LogP contribution >= 0.6 is 0 Å². The highest BCUT2D eigenvalue weighted by Gasteiger charge is 2.13. The summed E-state index contributed by atoms with van der Waals surface area (Å²) in [5.41, 5.74) is 2.14. The molecule has 0 saturated heterocycles. The minimum atomic E-state index is -0.370. The second kappa shape index (κ2) is 8.11. The topological polar surface area (TPSA) is 84.2 Å². The van der Waals surface area contributed by atoms with E-state index in [4.69, 9.17) is 4.42 Å². The fourth-order valence-electron chi connectivity index (χ4n) is 2.50. The molecule has 3 rings (SSSR count). The average molecular weight is 349 g/mol. The van der Waals surface area contributed by atoms with Crippen LogP contribution in [0.2, 0.25) is 0 Å². The van der Waals surface area contributed by atoms with Gasteiger partial charge in [-0.25, -0.2) is 4.98 Å². The van der Waals surface area contributed by atoms with Crippen LogP contribution in [0.15, 0.2) is 65.3 Å². The van der Waals surface area contributed by atoms with E-state index in [1.807, 2.05) is 31.2 Å². The van der Waals surface area contributed by atoms with E-state index in [1.54, 1.807) is 36.6 Å². The van der Waals surface area contributed by atoms with Gasteiger partial charge in [0.15, 0.2) is 0 Å². The molecule has 2 aromatic heterocycles. The Morgan fingerprint density at radius 3 is 2.46 bits per heavy atom. The van der Waals surface area contributed by atoms with Crippen LogP contribution < -0.4 is 10.6 Å². The standard InChI is InChI=1S/C20H19N3O3/c1-2-14-7-3-4-9-16(14)23-20(25)18-11-5-10-17(22-18)19(24)21-13-15-8-6-12-26-15/h3-12H,2,13H2,1H3,(H,21,24)(H,23,25). The maximum Gasteiger partial charge on any atom is 0.274 e. The first kappa shape index (κ1) is 17.4. The van der Waals surface area contributed by atoms with Crippen molar-refractivity contribution in [3.8, 4) is 0 Å². The molecule has 0 radical (unpaired) electrons. The van der Waals surface area contributed by atoms with Crippen molar-refractivity contribution in [2.45, 2.75) is 19.9 Å². The monoisotopic (exact) mass is 349 g/mol. The van der Waals surface area contributed by atoms with Crippen molar-refractivity contribution in [2.75, 3.05) is 5.32 Å². The minimum absolute atomic E-state index is 0.174. The molecule has 3 aromatic rings. The maximum atomic E-state index is 12.5. The summed E-state index contributed by atoms with van der Waals surface area (Å²) in [4.78, 5) is 28.9. The smallest absolute Gasteiger partial charge is 0.274 e. The minimum Gasteiger partial charge on any atom is -0.467 e. The zero-order chi connectivity index (χ0) is 18.4. The summed E-state index contributed by atoms with van der Waals surface area (Å²) in [6.07, 6.45) is 2.35. The predicted molar refractivity (Wildman–Crippen MR) is 97.9 cm³/mol. The number of aryl methyl sites for hydroxylation is 1. The van der Waals surface area contributed by atoms with Crippen LogP contribution in [0.5, 0.6) is 0 Å². The number of rotatable bonds is 6. The third-order valence-corrected chi connectivity index (χ3v) is 3.86. The molecule has 26 heavy (non-hydrogen) atoms. The molecule has 0 aliphatic heterocycles. The molecular formula is C20H19N3O3. The molecule has 0 atom stereocenters. The summed E-state index contributed by atoms with van der Waals surface area (Å²) in [6, 6.07) is 15.9. The Morgan fingerprint density at radius 1 is 0.962 bits per heavy atom. The number of nitrogens with zero attached hydrogens (tertiary/aromatic N) is 1. The van der Waals surface area contributed by atoms with E-state index in [1.165, 1.54) is 0 Å². The number of pyridine rings is 1. The van der Waals surface area contributed by atoms with Gasteiger partial charge in [0.25, 0.3) is 11.8 Å². The zero-order valence-electron chi connectivity index (χ0n) is 14.4. The number of furan rings is 1. The number of hydrogen-bond acceptors (Lipinski definition) is 4. The van der Waals surface area contributed by atoms with Gasteiger partial charge in [-0.05, 0) is 42.3 Å². The third kappa shape index (κ3) is 4.16. The van der Waals surface area contributed by atoms with Gasteiger partial charge in [-0.2, -0.15) is 0 Å². The Morgan fingerprint density at radius 2 is 1.73 bits per heavy atom. The summed E-state index contributed by atoms with van der Waals surface area (Å²) in [6.45, 7) is 2.28. The number of carbonyl (C=O) groups excluding carboxylic acids is 2. The lowest BCUT2D eigenvalue weighted by Gasteiger charge is -2.10. The predicted octanol–water partition coefficient (Wildman–Crippen LogP) is 3.42. The quantitative estimate of drug-likeness (QED) is 0.714. The summed E-state index contributed by atoms with van der Waals surface area (Å²) in [5.74, 6) is -0.0833. The Labute approximate surface area is 151 Å². The van der Waals surface area contributed by atoms with Crippen LogP contribution in [0.1, 0.15) is 39.2 Å². The lowest BCUT2D eigenvalue weighted by Crippen LogP contribution is -2.25. The lowest BCUT2D eigenvalue weighted by atomic mass is 10.1. The van der Waals surface area contributed by atoms with Crippen molar-refractivity contribution in [2.24, 2.45) is 0 Å². The molecule has 0 saturated carbocycles. The van der Waals surface area contributed by atoms with Crippen molar-refractivity contribution in [1.29, 1.82) is 0 Å². The van der Waals surface area contributed by atoms with Crippen molar-refractivity contribution < 1.29 is 14.0 Å². The van der Waals surface area contributed by atoms with E-state index < -0.39 is 0 Å². The van der Waals surface area contributed by atoms with E-state index in [-0.39, 0.29) is 29.7 Å². The molecule has 0 aliphatic rings. The SMILES string of the molecule is CCc1ccccc1NC(=O)c1cccc(C(=O)NCc2ccco2)n1. The van der Waals surface area contributed by atoms with Crippen molar-refractivity contribution in [3.63, 3.8) is 0 Å². The van der Waals surface area contributed by atoms with Gasteiger partial charge in [0.2, 0.25) is 0 Å². The first-order valence-electron chi connectivity index (χ1n) is 8.34. The summed E-state index contributed by atoms with van der Waals surface area (Å²) in [7, 11) is 0. The van der Waals surface area contributed by atoms with Crippen LogP contribution in [0.4, 0.5) is 5.69 Å². The molecule has 2 amide bonds. The van der Waals surface area contributed by atoms with Crippen LogP contribution in [-0.4, -0.2) is 16.8 Å². The molecule has 1 aromatic carbocycles. The van der Waals surface area contributed by atoms with Gasteiger partial charge < -0.3 is 15.1 Å². The van der Waals surface area contributed by atoms with Gasteiger partial charge in [-0.1, -0.05) is 31.2 Å². The Kier molecular flexibility index (Phi) is 5.43. The van der Waals surface area contributed by atoms with E-state index >= 15 is 0 Å². The van der Waals surface area contributed by atoms with Crippen LogP contribution in [0, 0.1) is 0 Å². The first-order valence-corrected chi connectivity index (χ1v) is 8.34. The van der Waals surface area contributed by atoms with Gasteiger partial charge in [-0.15, -0.1) is 0 Å². The fraction of sp³-hybridized carbons (Fsp3) is 0.150. The van der Waals surface area contributed by atoms with Crippen LogP contribution in [0.25, 0.3) is 0 Å². The van der Waals surface area contributed by atoms with E-state index in [2.05, 4.69) is 15.6 Å². The van der Waals surface area contributed by atoms with Crippen LogP contribution in [0.3, 0.4) is 0 Å². The number of anilines is 1. The molecule has 6 heteroatoms. The fourth-order valence-corrected chi connectivity index (χ4v) is 2.50. The van der Waals surface area contributed by atoms with E-state index in [0.29, 0.717) is 5.76 Å². The van der Waals surface area contributed by atoms with Gasteiger partial charge in [-0.3, -0.25) is 9.59 Å². The lowest BCUT2D eigenvalue weighted by molar-refractivity contribution is 0.0943. The van der Waals surface area contributed by atoms with Gasteiger partial charge in [0.1, 0.15) is 17.1 Å². The van der Waals surface area contributed by atoms with Crippen molar-refractivity contribution in [1.82, 2.24) is 10.3 Å². The largest absolute Gasteiger partial charge is 0.467 e.